The number of nitrogens with zero attached hydrogens (tertiary/aromatic N) is 5. The van der Waals surface area contributed by atoms with Gasteiger partial charge in [0.1, 0.15) is 18.5 Å². The number of carbonyl (C=O) groups excluding carboxylic acids is 1. The van der Waals surface area contributed by atoms with Crippen molar-refractivity contribution in [2.45, 2.75) is 13.0 Å². The van der Waals surface area contributed by atoms with Gasteiger partial charge in [0.05, 0.1) is 6.54 Å². The Kier molecular flexibility index (Phi) is 4.59. The van der Waals surface area contributed by atoms with Crippen LogP contribution in [0, 0.1) is 0 Å². The first-order valence-electron chi connectivity index (χ1n) is 8.23. The zero-order valence-electron chi connectivity index (χ0n) is 14.3. The minimum Gasteiger partial charge on any atom is -0.447 e. The molecule has 1 unspecified atom stereocenters. The highest BCUT2D eigenvalue weighted by molar-refractivity contribution is 6.30. The summed E-state index contributed by atoms with van der Waals surface area (Å²) >= 11 is 5.89. The number of carbonyl (C=O) groups is 1. The number of aromatic nitrogens is 4. The largest absolute Gasteiger partial charge is 0.447 e. The molecule has 1 aliphatic heterocycles. The Labute approximate surface area is 159 Å². The number of hydrogen-bond donors (Lipinski definition) is 1. The predicted molar refractivity (Wildman–Crippen MR) is 97.5 cm³/mol. The number of nitrogens with one attached hydrogen (secondary N) is 1. The van der Waals surface area contributed by atoms with Gasteiger partial charge in [-0.15, -0.1) is 0 Å². The van der Waals surface area contributed by atoms with Gasteiger partial charge in [-0.2, -0.15) is 9.97 Å². The van der Waals surface area contributed by atoms with Gasteiger partial charge >= 0.3 is 6.09 Å². The van der Waals surface area contributed by atoms with E-state index in [1.807, 2.05) is 19.1 Å². The van der Waals surface area contributed by atoms with Crippen molar-refractivity contribution in [2.75, 3.05) is 23.4 Å². The molecule has 3 aromatic rings. The van der Waals surface area contributed by atoms with Gasteiger partial charge in [-0.1, -0.05) is 16.8 Å². The molecule has 1 aliphatic rings. The predicted octanol–water partition coefficient (Wildman–Crippen LogP) is 3.31. The van der Waals surface area contributed by atoms with E-state index in [-0.39, 0.29) is 6.04 Å². The van der Waals surface area contributed by atoms with Crippen LogP contribution >= 0.6 is 11.6 Å². The van der Waals surface area contributed by atoms with E-state index in [0.29, 0.717) is 41.7 Å². The van der Waals surface area contributed by atoms with Crippen LogP contribution in [0.25, 0.3) is 11.4 Å². The smallest absolute Gasteiger partial charge is 0.415 e. The molecule has 0 radical (unpaired) electrons. The normalized spacial score (nSPS) is 14.9. The monoisotopic (exact) mass is 386 g/mol. The van der Waals surface area contributed by atoms with Crippen LogP contribution in [-0.4, -0.2) is 39.4 Å². The maximum Gasteiger partial charge on any atom is 0.415 e. The Balaban J connectivity index is 1.49. The number of hydrogen-bond acceptors (Lipinski definition) is 8. The highest BCUT2D eigenvalue weighted by Gasteiger charge is 2.25. The minimum atomic E-state index is -0.419. The second-order valence-electron chi connectivity index (χ2n) is 5.83. The number of ether oxygens (including phenoxy) is 1. The van der Waals surface area contributed by atoms with Crippen molar-refractivity contribution in [2.24, 2.45) is 0 Å². The van der Waals surface area contributed by atoms with Gasteiger partial charge in [0.2, 0.25) is 17.7 Å². The Morgan fingerprint density at radius 1 is 1.22 bits per heavy atom. The van der Waals surface area contributed by atoms with Gasteiger partial charge < -0.3 is 14.6 Å². The highest BCUT2D eigenvalue weighted by Crippen LogP contribution is 2.23. The molecule has 1 N–H and O–H groups in total. The zero-order valence-corrected chi connectivity index (χ0v) is 15.1. The Hall–Kier alpha value is -3.20. The lowest BCUT2D eigenvalue weighted by molar-refractivity contribution is 0.181. The Morgan fingerprint density at radius 2 is 2.04 bits per heavy atom. The number of rotatable bonds is 5. The summed E-state index contributed by atoms with van der Waals surface area (Å²) in [6, 6.07) is 8.47. The molecule has 0 saturated carbocycles. The SMILES string of the molecule is CC(Nc1nccc(N2CCOC2=O)n1)c1nc(-c2ccc(Cl)cc2)no1. The van der Waals surface area contributed by atoms with Gasteiger partial charge in [0.25, 0.3) is 0 Å². The van der Waals surface area contributed by atoms with Gasteiger partial charge in [-0.3, -0.25) is 4.90 Å². The van der Waals surface area contributed by atoms with E-state index in [9.17, 15) is 4.79 Å². The van der Waals surface area contributed by atoms with Gasteiger partial charge in [-0.05, 0) is 37.3 Å². The first-order valence-corrected chi connectivity index (χ1v) is 8.61. The van der Waals surface area contributed by atoms with Crippen LogP contribution in [0.2, 0.25) is 5.02 Å². The van der Waals surface area contributed by atoms with Crippen molar-refractivity contribution in [1.29, 1.82) is 0 Å². The maximum absolute atomic E-state index is 11.7. The topological polar surface area (TPSA) is 106 Å². The lowest BCUT2D eigenvalue weighted by atomic mass is 10.2. The number of benzene rings is 1. The summed E-state index contributed by atoms with van der Waals surface area (Å²) in [5.41, 5.74) is 0.799. The van der Waals surface area contributed by atoms with Crippen molar-refractivity contribution in [1.82, 2.24) is 20.1 Å². The molecule has 1 saturated heterocycles. The van der Waals surface area contributed by atoms with Crippen LogP contribution in [0.15, 0.2) is 41.1 Å². The molecular weight excluding hydrogens is 372 g/mol. The summed E-state index contributed by atoms with van der Waals surface area (Å²) in [4.78, 5) is 26.0. The van der Waals surface area contributed by atoms with Crippen LogP contribution < -0.4 is 10.2 Å². The third kappa shape index (κ3) is 3.68. The molecule has 27 heavy (non-hydrogen) atoms. The van der Waals surface area contributed by atoms with E-state index in [0.717, 1.165) is 5.56 Å². The Morgan fingerprint density at radius 3 is 2.78 bits per heavy atom. The van der Waals surface area contributed by atoms with E-state index < -0.39 is 6.09 Å². The number of halogens is 1. The van der Waals surface area contributed by atoms with Crippen molar-refractivity contribution in [3.8, 4) is 11.4 Å². The van der Waals surface area contributed by atoms with E-state index in [1.54, 1.807) is 24.4 Å². The van der Waals surface area contributed by atoms with E-state index >= 15 is 0 Å². The molecule has 0 aliphatic carbocycles. The van der Waals surface area contributed by atoms with Crippen LogP contribution in [0.3, 0.4) is 0 Å². The van der Waals surface area contributed by atoms with E-state index in [1.165, 1.54) is 4.90 Å². The quantitative estimate of drug-likeness (QED) is 0.711. The maximum atomic E-state index is 11.7. The van der Waals surface area contributed by atoms with E-state index in [2.05, 4.69) is 25.4 Å². The number of anilines is 2. The average molecular weight is 387 g/mol. The molecule has 138 valence electrons. The third-order valence-electron chi connectivity index (χ3n) is 3.94. The van der Waals surface area contributed by atoms with Gasteiger partial charge in [0, 0.05) is 16.8 Å². The summed E-state index contributed by atoms with van der Waals surface area (Å²) in [5.74, 6) is 1.65. The van der Waals surface area contributed by atoms with Crippen molar-refractivity contribution in [3.05, 3.63) is 47.4 Å². The third-order valence-corrected chi connectivity index (χ3v) is 4.19. The molecule has 1 aromatic carbocycles. The molecular formula is C17H15ClN6O3. The Bertz CT molecular complexity index is 961. The second-order valence-corrected chi connectivity index (χ2v) is 6.27. The summed E-state index contributed by atoms with van der Waals surface area (Å²) in [7, 11) is 0. The van der Waals surface area contributed by atoms with Crippen LogP contribution in [0.1, 0.15) is 18.9 Å². The fourth-order valence-corrected chi connectivity index (χ4v) is 2.68. The van der Waals surface area contributed by atoms with Gasteiger partial charge in [0.15, 0.2) is 0 Å². The summed E-state index contributed by atoms with van der Waals surface area (Å²) in [6.07, 6.45) is 1.15. The molecule has 0 spiro atoms. The molecule has 10 heteroatoms. The molecule has 1 amide bonds. The lowest BCUT2D eigenvalue weighted by Gasteiger charge is -2.14. The van der Waals surface area contributed by atoms with E-state index in [4.69, 9.17) is 20.9 Å². The van der Waals surface area contributed by atoms with Crippen LogP contribution in [0.5, 0.6) is 0 Å². The second kappa shape index (κ2) is 7.20. The molecule has 1 atom stereocenters. The standard InChI is InChI=1S/C17H15ClN6O3/c1-10(15-22-14(23-27-15)11-2-4-12(18)5-3-11)20-16-19-7-6-13(21-16)24-8-9-26-17(24)25/h2-7,10H,8-9H2,1H3,(H,19,20,21). The zero-order chi connectivity index (χ0) is 18.8. The average Bonchev–Trinajstić information content (AvgIpc) is 3.32. The number of amides is 1. The molecule has 9 nitrogen and oxygen atoms in total. The summed E-state index contributed by atoms with van der Waals surface area (Å²) in [6.45, 7) is 2.65. The highest BCUT2D eigenvalue weighted by atomic mass is 35.5. The van der Waals surface area contributed by atoms with Crippen LogP contribution in [0.4, 0.5) is 16.6 Å². The minimum absolute atomic E-state index is 0.334. The summed E-state index contributed by atoms with van der Waals surface area (Å²) < 4.78 is 10.3. The van der Waals surface area contributed by atoms with Crippen molar-refractivity contribution < 1.29 is 14.1 Å². The van der Waals surface area contributed by atoms with Crippen molar-refractivity contribution >= 4 is 29.5 Å². The molecule has 1 fully saturated rings. The molecule has 3 heterocycles. The fraction of sp³-hybridized carbons (Fsp3) is 0.235. The van der Waals surface area contributed by atoms with Crippen LogP contribution in [-0.2, 0) is 4.74 Å². The van der Waals surface area contributed by atoms with Crippen molar-refractivity contribution in [3.63, 3.8) is 0 Å². The molecule has 0 bridgehead atoms. The fourth-order valence-electron chi connectivity index (χ4n) is 2.55. The first kappa shape index (κ1) is 17.2. The number of cyclic esters (lactones) is 1. The summed E-state index contributed by atoms with van der Waals surface area (Å²) in [5, 5.41) is 7.72. The molecule has 4 rings (SSSR count). The first-order chi connectivity index (χ1) is 13.1. The molecule has 2 aromatic heterocycles. The van der Waals surface area contributed by atoms with Gasteiger partial charge in [-0.25, -0.2) is 9.78 Å². The lowest BCUT2D eigenvalue weighted by Crippen LogP contribution is -2.25.